The van der Waals surface area contributed by atoms with Crippen LogP contribution in [-0.2, 0) is 4.79 Å². The third-order valence-electron chi connectivity index (χ3n) is 2.90. The summed E-state index contributed by atoms with van der Waals surface area (Å²) in [6.45, 7) is 7.59. The Labute approximate surface area is 145 Å². The number of hydrogen-bond donors (Lipinski definition) is 1. The number of thioether (sulfide) groups is 1. The van der Waals surface area contributed by atoms with Gasteiger partial charge in [-0.3, -0.25) is 4.79 Å². The van der Waals surface area contributed by atoms with E-state index in [2.05, 4.69) is 5.32 Å². The van der Waals surface area contributed by atoms with Gasteiger partial charge in [0.1, 0.15) is 4.32 Å². The Morgan fingerprint density at radius 1 is 1.33 bits per heavy atom. The number of amides is 1. The van der Waals surface area contributed by atoms with Gasteiger partial charge in [-0.1, -0.05) is 53.2 Å². The van der Waals surface area contributed by atoms with Gasteiger partial charge in [0.25, 0.3) is 0 Å². The molecule has 0 aliphatic carbocycles. The van der Waals surface area contributed by atoms with Crippen LogP contribution in [0.2, 0.25) is 10.0 Å². The lowest BCUT2D eigenvalue weighted by Gasteiger charge is -2.20. The van der Waals surface area contributed by atoms with Crippen molar-refractivity contribution in [2.45, 2.75) is 20.8 Å². The van der Waals surface area contributed by atoms with Gasteiger partial charge in [-0.15, -0.1) is 0 Å². The Kier molecular flexibility index (Phi) is 7.81. The summed E-state index contributed by atoms with van der Waals surface area (Å²) in [6.07, 6.45) is 0. The molecule has 1 aromatic rings. The van der Waals surface area contributed by atoms with Gasteiger partial charge in [-0.2, -0.15) is 0 Å². The minimum Gasteiger partial charge on any atom is -0.358 e. The predicted molar refractivity (Wildman–Crippen MR) is 97.8 cm³/mol. The molecule has 0 spiro atoms. The Bertz CT molecular complexity index is 534. The summed E-state index contributed by atoms with van der Waals surface area (Å²) in [6, 6.07) is 3.52. The fraction of sp³-hybridized carbons (Fsp3) is 0.429. The minimum atomic E-state index is -0.177. The SMILES string of the molecule is CCN(CC)C(=S)SCC(=O)Nc1c(Cl)ccc(C)c1Cl. The van der Waals surface area contributed by atoms with Crippen molar-refractivity contribution in [1.82, 2.24) is 4.90 Å². The molecule has 0 unspecified atom stereocenters. The smallest absolute Gasteiger partial charge is 0.234 e. The van der Waals surface area contributed by atoms with E-state index < -0.39 is 0 Å². The van der Waals surface area contributed by atoms with E-state index in [0.717, 1.165) is 23.0 Å². The van der Waals surface area contributed by atoms with Gasteiger partial charge in [0.2, 0.25) is 5.91 Å². The zero-order valence-electron chi connectivity index (χ0n) is 12.2. The molecule has 0 radical (unpaired) electrons. The van der Waals surface area contributed by atoms with Gasteiger partial charge < -0.3 is 10.2 Å². The molecule has 0 heterocycles. The van der Waals surface area contributed by atoms with Crippen LogP contribution in [0.5, 0.6) is 0 Å². The highest BCUT2D eigenvalue weighted by atomic mass is 35.5. The summed E-state index contributed by atoms with van der Waals surface area (Å²) in [5.41, 5.74) is 1.32. The summed E-state index contributed by atoms with van der Waals surface area (Å²) in [5.74, 6) is 0.0551. The number of carbonyl (C=O) groups excluding carboxylic acids is 1. The molecule has 0 aliphatic heterocycles. The second kappa shape index (κ2) is 8.83. The molecule has 1 amide bonds. The van der Waals surface area contributed by atoms with E-state index in [0.29, 0.717) is 15.7 Å². The topological polar surface area (TPSA) is 32.3 Å². The maximum Gasteiger partial charge on any atom is 0.234 e. The Morgan fingerprint density at radius 3 is 2.52 bits per heavy atom. The van der Waals surface area contributed by atoms with Crippen molar-refractivity contribution in [3.63, 3.8) is 0 Å². The molecule has 7 heteroatoms. The van der Waals surface area contributed by atoms with Crippen molar-refractivity contribution in [3.8, 4) is 0 Å². The first-order chi connectivity index (χ1) is 9.90. The third-order valence-corrected chi connectivity index (χ3v) is 5.22. The van der Waals surface area contributed by atoms with Crippen LogP contribution >= 0.6 is 47.2 Å². The molecule has 116 valence electrons. The third kappa shape index (κ3) is 5.33. The number of nitrogens with zero attached hydrogens (tertiary/aromatic N) is 1. The fourth-order valence-corrected chi connectivity index (χ4v) is 3.31. The zero-order chi connectivity index (χ0) is 16.0. The highest BCUT2D eigenvalue weighted by Gasteiger charge is 2.13. The molecule has 0 aliphatic rings. The molecule has 3 nitrogen and oxygen atoms in total. The van der Waals surface area contributed by atoms with Gasteiger partial charge in [0.05, 0.1) is 21.5 Å². The van der Waals surface area contributed by atoms with Gasteiger partial charge >= 0.3 is 0 Å². The molecule has 1 N–H and O–H groups in total. The zero-order valence-corrected chi connectivity index (χ0v) is 15.3. The highest BCUT2D eigenvalue weighted by Crippen LogP contribution is 2.32. The molecule has 0 fully saturated rings. The Balaban J connectivity index is 2.63. The van der Waals surface area contributed by atoms with Crippen molar-refractivity contribution in [1.29, 1.82) is 0 Å². The second-order valence-corrected chi connectivity index (χ2v) is 6.72. The first kappa shape index (κ1) is 18.6. The number of halogens is 2. The first-order valence-corrected chi connectivity index (χ1v) is 8.71. The summed E-state index contributed by atoms with van der Waals surface area (Å²) in [5, 5.41) is 3.64. The number of nitrogens with one attached hydrogen (secondary N) is 1. The molecule has 0 saturated carbocycles. The lowest BCUT2D eigenvalue weighted by molar-refractivity contribution is -0.113. The normalized spacial score (nSPS) is 10.3. The van der Waals surface area contributed by atoms with Crippen LogP contribution in [0.3, 0.4) is 0 Å². The van der Waals surface area contributed by atoms with E-state index in [1.54, 1.807) is 6.07 Å². The van der Waals surface area contributed by atoms with E-state index in [1.165, 1.54) is 11.8 Å². The Morgan fingerprint density at radius 2 is 1.95 bits per heavy atom. The van der Waals surface area contributed by atoms with Crippen molar-refractivity contribution in [3.05, 3.63) is 27.7 Å². The number of rotatable bonds is 5. The Hall–Kier alpha value is -0.490. The van der Waals surface area contributed by atoms with Crippen LogP contribution in [-0.4, -0.2) is 34.0 Å². The molecule has 1 aromatic carbocycles. The monoisotopic (exact) mass is 364 g/mol. The highest BCUT2D eigenvalue weighted by molar-refractivity contribution is 8.23. The number of hydrogen-bond acceptors (Lipinski definition) is 3. The number of thiocarbonyl (C=S) groups is 1. The predicted octanol–water partition coefficient (Wildman–Crippen LogP) is 4.60. The van der Waals surface area contributed by atoms with E-state index in [-0.39, 0.29) is 11.7 Å². The number of aryl methyl sites for hydroxylation is 1. The molecule has 21 heavy (non-hydrogen) atoms. The molecule has 0 bridgehead atoms. The van der Waals surface area contributed by atoms with Crippen LogP contribution < -0.4 is 5.32 Å². The van der Waals surface area contributed by atoms with Crippen LogP contribution in [0.4, 0.5) is 5.69 Å². The summed E-state index contributed by atoms with van der Waals surface area (Å²) in [4.78, 5) is 14.0. The van der Waals surface area contributed by atoms with E-state index in [4.69, 9.17) is 35.4 Å². The number of anilines is 1. The van der Waals surface area contributed by atoms with E-state index in [9.17, 15) is 4.79 Å². The van der Waals surface area contributed by atoms with Crippen molar-refractivity contribution in [2.75, 3.05) is 24.2 Å². The van der Waals surface area contributed by atoms with Crippen molar-refractivity contribution in [2.24, 2.45) is 0 Å². The number of benzene rings is 1. The van der Waals surface area contributed by atoms with Gasteiger partial charge in [-0.25, -0.2) is 0 Å². The van der Waals surface area contributed by atoms with Crippen LogP contribution in [0.25, 0.3) is 0 Å². The van der Waals surface area contributed by atoms with Crippen LogP contribution in [0, 0.1) is 6.92 Å². The summed E-state index contributed by atoms with van der Waals surface area (Å²) < 4.78 is 0.719. The van der Waals surface area contributed by atoms with E-state index in [1.807, 2.05) is 31.7 Å². The summed E-state index contributed by atoms with van der Waals surface area (Å²) in [7, 11) is 0. The molecule has 1 rings (SSSR count). The van der Waals surface area contributed by atoms with Gasteiger partial charge in [0.15, 0.2) is 0 Å². The van der Waals surface area contributed by atoms with Crippen LogP contribution in [0.1, 0.15) is 19.4 Å². The molecule has 0 atom stereocenters. The lowest BCUT2D eigenvalue weighted by Crippen LogP contribution is -2.28. The molecule has 0 aromatic heterocycles. The van der Waals surface area contributed by atoms with Gasteiger partial charge in [0, 0.05) is 13.1 Å². The first-order valence-electron chi connectivity index (χ1n) is 6.56. The van der Waals surface area contributed by atoms with Gasteiger partial charge in [-0.05, 0) is 32.4 Å². The van der Waals surface area contributed by atoms with Crippen LogP contribution in [0.15, 0.2) is 12.1 Å². The molecular weight excluding hydrogens is 347 g/mol. The molecular formula is C14H18Cl2N2OS2. The van der Waals surface area contributed by atoms with Crippen molar-refractivity contribution >= 4 is 63.1 Å². The van der Waals surface area contributed by atoms with E-state index >= 15 is 0 Å². The quantitative estimate of drug-likeness (QED) is 0.773. The fourth-order valence-electron chi connectivity index (χ4n) is 1.65. The molecule has 0 saturated heterocycles. The maximum absolute atomic E-state index is 12.0. The average molecular weight is 365 g/mol. The largest absolute Gasteiger partial charge is 0.358 e. The number of carbonyl (C=O) groups is 1. The standard InChI is InChI=1S/C14H18Cl2N2OS2/c1-4-18(5-2)14(20)21-8-11(19)17-13-10(15)7-6-9(3)12(13)16/h6-7H,4-5,8H2,1-3H3,(H,17,19). The maximum atomic E-state index is 12.0. The average Bonchev–Trinajstić information content (AvgIpc) is 2.46. The second-order valence-electron chi connectivity index (χ2n) is 4.33. The minimum absolute atomic E-state index is 0.177. The lowest BCUT2D eigenvalue weighted by atomic mass is 10.2. The summed E-state index contributed by atoms with van der Waals surface area (Å²) >= 11 is 18.8. The van der Waals surface area contributed by atoms with Crippen molar-refractivity contribution < 1.29 is 4.79 Å².